The van der Waals surface area contributed by atoms with Gasteiger partial charge >= 0.3 is 0 Å². The predicted octanol–water partition coefficient (Wildman–Crippen LogP) is 3.30. The Balaban J connectivity index is 1.66. The molecule has 0 amide bonds. The van der Waals surface area contributed by atoms with Crippen LogP contribution in [-0.4, -0.2) is 17.0 Å². The van der Waals surface area contributed by atoms with Gasteiger partial charge in [-0.2, -0.15) is 0 Å². The Labute approximate surface area is 119 Å². The molecule has 1 aromatic heterocycles. The number of hydrogen-bond acceptors (Lipinski definition) is 2. The average Bonchev–Trinajstić information content (AvgIpc) is 2.91. The van der Waals surface area contributed by atoms with Crippen molar-refractivity contribution in [3.8, 4) is 0 Å². The summed E-state index contributed by atoms with van der Waals surface area (Å²) in [5.41, 5.74) is 3.33. The maximum atomic E-state index is 12.1. The monoisotopic (exact) mass is 269 g/mol. The van der Waals surface area contributed by atoms with Gasteiger partial charge in [0.05, 0.1) is 6.10 Å². The van der Waals surface area contributed by atoms with Gasteiger partial charge in [-0.1, -0.05) is 24.3 Å². The molecule has 0 radical (unpaired) electrons. The number of ketones is 1. The Hall–Kier alpha value is -1.87. The first-order chi connectivity index (χ1) is 9.74. The van der Waals surface area contributed by atoms with Crippen molar-refractivity contribution in [1.29, 1.82) is 0 Å². The first-order valence-electron chi connectivity index (χ1n) is 7.08. The number of carbonyl (C=O) groups is 1. The molecule has 20 heavy (non-hydrogen) atoms. The van der Waals surface area contributed by atoms with Crippen LogP contribution in [0.15, 0.2) is 42.7 Å². The average molecular weight is 269 g/mol. The second-order valence-electron chi connectivity index (χ2n) is 5.38. The standard InChI is InChI=1S/C17H19NO2/c1-18-10-9-14(11-18)16(19)12-20-17-8-4-6-13-5-2-3-7-15(13)17/h2-3,5,7,9-11,17H,4,6,8,12H2,1H3. The van der Waals surface area contributed by atoms with E-state index >= 15 is 0 Å². The molecular formula is C17H19NO2. The summed E-state index contributed by atoms with van der Waals surface area (Å²) in [5.74, 6) is 0.0497. The third-order valence-corrected chi connectivity index (χ3v) is 3.88. The highest BCUT2D eigenvalue weighted by Gasteiger charge is 2.21. The van der Waals surface area contributed by atoms with Crippen LogP contribution in [0.2, 0.25) is 0 Å². The summed E-state index contributed by atoms with van der Waals surface area (Å²) in [7, 11) is 1.91. The first-order valence-corrected chi connectivity index (χ1v) is 7.08. The topological polar surface area (TPSA) is 31.2 Å². The maximum absolute atomic E-state index is 12.1. The molecule has 2 aromatic rings. The van der Waals surface area contributed by atoms with E-state index < -0.39 is 0 Å². The number of aromatic nitrogens is 1. The van der Waals surface area contributed by atoms with Crippen LogP contribution in [0.5, 0.6) is 0 Å². The molecule has 104 valence electrons. The fraction of sp³-hybridized carbons (Fsp3) is 0.353. The molecule has 1 aliphatic rings. The summed E-state index contributed by atoms with van der Waals surface area (Å²) in [6.45, 7) is 0.156. The maximum Gasteiger partial charge on any atom is 0.190 e. The van der Waals surface area contributed by atoms with E-state index in [0.717, 1.165) is 24.8 Å². The van der Waals surface area contributed by atoms with E-state index in [9.17, 15) is 4.79 Å². The molecule has 0 saturated heterocycles. The molecule has 3 rings (SSSR count). The number of carbonyl (C=O) groups excluding carboxylic acids is 1. The van der Waals surface area contributed by atoms with Crippen LogP contribution in [0.1, 0.15) is 40.4 Å². The van der Waals surface area contributed by atoms with Gasteiger partial charge in [-0.3, -0.25) is 4.79 Å². The molecular weight excluding hydrogens is 250 g/mol. The van der Waals surface area contributed by atoms with Crippen molar-refractivity contribution in [2.45, 2.75) is 25.4 Å². The fourth-order valence-corrected chi connectivity index (χ4v) is 2.81. The number of fused-ring (bicyclic) bond motifs is 1. The largest absolute Gasteiger partial charge is 0.365 e. The van der Waals surface area contributed by atoms with Crippen LogP contribution in [0.4, 0.5) is 0 Å². The molecule has 1 atom stereocenters. The van der Waals surface area contributed by atoms with E-state index in [1.807, 2.05) is 36.1 Å². The molecule has 0 saturated carbocycles. The smallest absolute Gasteiger partial charge is 0.190 e. The Morgan fingerprint density at radius 3 is 3.00 bits per heavy atom. The summed E-state index contributed by atoms with van der Waals surface area (Å²) in [6, 6.07) is 10.2. The van der Waals surface area contributed by atoms with E-state index in [1.165, 1.54) is 11.1 Å². The minimum absolute atomic E-state index is 0.0497. The first kappa shape index (κ1) is 13.1. The van der Waals surface area contributed by atoms with Crippen molar-refractivity contribution in [3.05, 3.63) is 59.4 Å². The van der Waals surface area contributed by atoms with Gasteiger partial charge in [0.25, 0.3) is 0 Å². The van der Waals surface area contributed by atoms with Crippen molar-refractivity contribution >= 4 is 5.78 Å². The van der Waals surface area contributed by atoms with Crippen LogP contribution in [0.25, 0.3) is 0 Å². The molecule has 3 nitrogen and oxygen atoms in total. The van der Waals surface area contributed by atoms with Gasteiger partial charge in [0.2, 0.25) is 0 Å². The number of ether oxygens (including phenoxy) is 1. The van der Waals surface area contributed by atoms with Gasteiger partial charge in [-0.25, -0.2) is 0 Å². The summed E-state index contributed by atoms with van der Waals surface area (Å²) in [5, 5.41) is 0. The van der Waals surface area contributed by atoms with Crippen LogP contribution in [0, 0.1) is 0 Å². The zero-order chi connectivity index (χ0) is 13.9. The molecule has 0 aliphatic heterocycles. The summed E-state index contributed by atoms with van der Waals surface area (Å²) in [4.78, 5) is 12.1. The summed E-state index contributed by atoms with van der Waals surface area (Å²) >= 11 is 0. The van der Waals surface area contributed by atoms with Gasteiger partial charge < -0.3 is 9.30 Å². The third-order valence-electron chi connectivity index (χ3n) is 3.88. The molecule has 1 aromatic carbocycles. The Morgan fingerprint density at radius 1 is 1.35 bits per heavy atom. The number of Topliss-reactive ketones (excluding diaryl/α,β-unsaturated/α-hetero) is 1. The minimum Gasteiger partial charge on any atom is -0.365 e. The minimum atomic E-state index is 0.0497. The van der Waals surface area contributed by atoms with E-state index in [4.69, 9.17) is 4.74 Å². The van der Waals surface area contributed by atoms with E-state index in [1.54, 1.807) is 0 Å². The van der Waals surface area contributed by atoms with E-state index in [-0.39, 0.29) is 18.5 Å². The SMILES string of the molecule is Cn1ccc(C(=O)COC2CCCc3ccccc32)c1. The Bertz CT molecular complexity index is 615. The normalized spacial score (nSPS) is 17.8. The fourth-order valence-electron chi connectivity index (χ4n) is 2.81. The molecule has 0 spiro atoms. The lowest BCUT2D eigenvalue weighted by Crippen LogP contribution is -2.17. The van der Waals surface area contributed by atoms with Gasteiger partial charge in [-0.15, -0.1) is 0 Å². The van der Waals surface area contributed by atoms with Crippen LogP contribution >= 0.6 is 0 Å². The number of rotatable bonds is 4. The molecule has 0 fully saturated rings. The quantitative estimate of drug-likeness (QED) is 0.797. The predicted molar refractivity (Wildman–Crippen MR) is 77.8 cm³/mol. The van der Waals surface area contributed by atoms with Gasteiger partial charge in [0.1, 0.15) is 6.61 Å². The Morgan fingerprint density at radius 2 is 2.20 bits per heavy atom. The highest BCUT2D eigenvalue weighted by atomic mass is 16.5. The molecule has 1 aliphatic carbocycles. The van der Waals surface area contributed by atoms with Crippen molar-refractivity contribution in [2.24, 2.45) is 7.05 Å². The second kappa shape index (κ2) is 5.63. The molecule has 1 heterocycles. The highest BCUT2D eigenvalue weighted by Crippen LogP contribution is 2.32. The van der Waals surface area contributed by atoms with Crippen LogP contribution < -0.4 is 0 Å². The zero-order valence-electron chi connectivity index (χ0n) is 11.7. The van der Waals surface area contributed by atoms with Gasteiger partial charge in [0, 0.05) is 25.0 Å². The van der Waals surface area contributed by atoms with Crippen LogP contribution in [0.3, 0.4) is 0 Å². The summed E-state index contributed by atoms with van der Waals surface area (Å²) < 4.78 is 7.75. The molecule has 0 bridgehead atoms. The second-order valence-corrected chi connectivity index (χ2v) is 5.38. The van der Waals surface area contributed by atoms with Crippen molar-refractivity contribution in [3.63, 3.8) is 0 Å². The molecule has 1 unspecified atom stereocenters. The lowest BCUT2D eigenvalue weighted by molar-refractivity contribution is 0.0372. The zero-order valence-corrected chi connectivity index (χ0v) is 11.7. The number of aryl methyl sites for hydroxylation is 2. The van der Waals surface area contributed by atoms with Crippen molar-refractivity contribution in [2.75, 3.05) is 6.61 Å². The lowest BCUT2D eigenvalue weighted by Gasteiger charge is -2.25. The molecule has 0 N–H and O–H groups in total. The number of nitrogens with zero attached hydrogens (tertiary/aromatic N) is 1. The molecule has 3 heteroatoms. The van der Waals surface area contributed by atoms with Gasteiger partial charge in [-0.05, 0) is 36.5 Å². The van der Waals surface area contributed by atoms with E-state index in [0.29, 0.717) is 0 Å². The van der Waals surface area contributed by atoms with Crippen molar-refractivity contribution < 1.29 is 9.53 Å². The highest BCUT2D eigenvalue weighted by molar-refractivity contribution is 5.96. The van der Waals surface area contributed by atoms with Gasteiger partial charge in [0.15, 0.2) is 5.78 Å². The van der Waals surface area contributed by atoms with Crippen molar-refractivity contribution in [1.82, 2.24) is 4.57 Å². The number of benzene rings is 1. The summed E-state index contributed by atoms with van der Waals surface area (Å²) in [6.07, 6.45) is 7.01. The van der Waals surface area contributed by atoms with E-state index in [2.05, 4.69) is 18.2 Å². The van der Waals surface area contributed by atoms with Crippen LogP contribution in [-0.2, 0) is 18.2 Å². The third kappa shape index (κ3) is 2.68. The Kier molecular flexibility index (Phi) is 3.70. The lowest BCUT2D eigenvalue weighted by atomic mass is 9.89. The number of hydrogen-bond donors (Lipinski definition) is 0.